The number of rotatable bonds is 3. The van der Waals surface area contributed by atoms with Crippen LogP contribution in [0.15, 0.2) is 18.2 Å². The van der Waals surface area contributed by atoms with Crippen LogP contribution in [-0.4, -0.2) is 17.6 Å². The molecule has 4 heteroatoms. The van der Waals surface area contributed by atoms with Gasteiger partial charge in [-0.1, -0.05) is 0 Å². The van der Waals surface area contributed by atoms with Crippen molar-refractivity contribution in [1.29, 1.82) is 0 Å². The summed E-state index contributed by atoms with van der Waals surface area (Å²) in [7, 11) is 0. The molecule has 0 amide bonds. The number of fused-ring (bicyclic) bond motifs is 1. The van der Waals surface area contributed by atoms with Gasteiger partial charge in [-0.3, -0.25) is 4.79 Å². The summed E-state index contributed by atoms with van der Waals surface area (Å²) in [5.41, 5.74) is 1.01. The third-order valence-electron chi connectivity index (χ3n) is 3.33. The van der Waals surface area contributed by atoms with Gasteiger partial charge < -0.3 is 10.4 Å². The fourth-order valence-electron chi connectivity index (χ4n) is 2.26. The lowest BCUT2D eigenvalue weighted by Gasteiger charge is -2.23. The molecule has 1 heterocycles. The lowest BCUT2D eigenvalue weighted by Crippen LogP contribution is -2.26. The van der Waals surface area contributed by atoms with Gasteiger partial charge in [-0.15, -0.1) is 0 Å². The Morgan fingerprint density at radius 1 is 1.59 bits per heavy atom. The maximum Gasteiger partial charge on any atom is 0.309 e. The van der Waals surface area contributed by atoms with Gasteiger partial charge in [0.05, 0.1) is 5.41 Å². The number of hydrogen-bond acceptors (Lipinski definition) is 2. The zero-order valence-electron chi connectivity index (χ0n) is 9.96. The normalized spacial score (nSPS) is 18.6. The van der Waals surface area contributed by atoms with Crippen LogP contribution in [0, 0.1) is 11.2 Å². The number of nitrogens with one attached hydrogen (secondary N) is 1. The zero-order valence-corrected chi connectivity index (χ0v) is 9.96. The Morgan fingerprint density at radius 2 is 2.29 bits per heavy atom. The van der Waals surface area contributed by atoms with E-state index in [0.717, 1.165) is 11.3 Å². The minimum Gasteiger partial charge on any atom is -0.481 e. The summed E-state index contributed by atoms with van der Waals surface area (Å²) in [5, 5.41) is 12.3. The molecule has 0 bridgehead atoms. The highest BCUT2D eigenvalue weighted by atomic mass is 19.1. The predicted molar refractivity (Wildman–Crippen MR) is 63.7 cm³/mol. The number of halogens is 1. The lowest BCUT2D eigenvalue weighted by atomic mass is 9.81. The van der Waals surface area contributed by atoms with Crippen molar-refractivity contribution >= 4 is 11.7 Å². The molecule has 1 aliphatic heterocycles. The zero-order chi connectivity index (χ0) is 12.6. The van der Waals surface area contributed by atoms with Crippen LogP contribution in [0.5, 0.6) is 0 Å². The summed E-state index contributed by atoms with van der Waals surface area (Å²) in [5.74, 6) is -1.03. The fourth-order valence-corrected chi connectivity index (χ4v) is 2.26. The minimum atomic E-state index is -0.817. The van der Waals surface area contributed by atoms with Crippen molar-refractivity contribution in [3.8, 4) is 0 Å². The molecule has 2 N–H and O–H groups in total. The molecule has 3 nitrogen and oxygen atoms in total. The Balaban J connectivity index is 2.23. The smallest absolute Gasteiger partial charge is 0.309 e. The van der Waals surface area contributed by atoms with Gasteiger partial charge in [0.25, 0.3) is 0 Å². The van der Waals surface area contributed by atoms with E-state index >= 15 is 0 Å². The molecule has 0 aliphatic carbocycles. The van der Waals surface area contributed by atoms with Crippen molar-refractivity contribution in [2.75, 3.05) is 11.9 Å². The number of aliphatic carboxylic acids is 1. The molecular formula is C13H16FNO2. The highest BCUT2D eigenvalue weighted by Gasteiger charge is 2.34. The van der Waals surface area contributed by atoms with Crippen molar-refractivity contribution in [2.24, 2.45) is 5.41 Å². The van der Waals surface area contributed by atoms with Crippen LogP contribution >= 0.6 is 0 Å². The van der Waals surface area contributed by atoms with Crippen LogP contribution in [0.1, 0.15) is 31.7 Å². The molecule has 0 aromatic heterocycles. The molecule has 1 aromatic carbocycles. The Kier molecular flexibility index (Phi) is 2.81. The maximum atomic E-state index is 13.2. The van der Waals surface area contributed by atoms with Gasteiger partial charge >= 0.3 is 5.97 Å². The Hall–Kier alpha value is -1.58. The third kappa shape index (κ3) is 2.25. The van der Waals surface area contributed by atoms with Gasteiger partial charge in [-0.2, -0.15) is 0 Å². The first-order valence-electron chi connectivity index (χ1n) is 5.67. The van der Waals surface area contributed by atoms with Gasteiger partial charge in [0.15, 0.2) is 0 Å². The molecule has 1 aliphatic rings. The van der Waals surface area contributed by atoms with Crippen molar-refractivity contribution < 1.29 is 14.3 Å². The number of carbonyl (C=O) groups is 1. The topological polar surface area (TPSA) is 49.3 Å². The van der Waals surface area contributed by atoms with E-state index in [1.165, 1.54) is 12.1 Å². The minimum absolute atomic E-state index is 0.0619. The predicted octanol–water partition coefficient (Wildman–Crippen LogP) is 2.84. The van der Waals surface area contributed by atoms with E-state index in [1.807, 2.05) is 0 Å². The second-order valence-corrected chi connectivity index (χ2v) is 5.20. The first-order valence-corrected chi connectivity index (χ1v) is 5.67. The summed E-state index contributed by atoms with van der Waals surface area (Å²) < 4.78 is 13.2. The number of anilines is 1. The summed E-state index contributed by atoms with van der Waals surface area (Å²) in [6.07, 6.45) is 0.506. The Labute approximate surface area is 99.7 Å². The van der Waals surface area contributed by atoms with Crippen LogP contribution in [-0.2, 0) is 4.79 Å². The molecule has 1 atom stereocenters. The summed E-state index contributed by atoms with van der Waals surface area (Å²) in [6.45, 7) is 4.08. The Morgan fingerprint density at radius 3 is 2.94 bits per heavy atom. The summed E-state index contributed by atoms with van der Waals surface area (Å²) in [6, 6.07) is 4.62. The molecule has 0 saturated heterocycles. The highest BCUT2D eigenvalue weighted by Crippen LogP contribution is 2.39. The monoisotopic (exact) mass is 237 g/mol. The lowest BCUT2D eigenvalue weighted by molar-refractivity contribution is -0.147. The van der Waals surface area contributed by atoms with E-state index < -0.39 is 11.4 Å². The van der Waals surface area contributed by atoms with Gasteiger partial charge in [-0.25, -0.2) is 4.39 Å². The molecule has 17 heavy (non-hydrogen) atoms. The van der Waals surface area contributed by atoms with Gasteiger partial charge in [0.1, 0.15) is 5.82 Å². The van der Waals surface area contributed by atoms with E-state index in [0.29, 0.717) is 13.0 Å². The Bertz CT molecular complexity index is 457. The first kappa shape index (κ1) is 11.9. The largest absolute Gasteiger partial charge is 0.481 e. The van der Waals surface area contributed by atoms with Crippen molar-refractivity contribution in [2.45, 2.75) is 26.2 Å². The van der Waals surface area contributed by atoms with Crippen LogP contribution in [0.3, 0.4) is 0 Å². The van der Waals surface area contributed by atoms with E-state index in [-0.39, 0.29) is 11.7 Å². The number of carboxylic acid groups (broad SMARTS) is 1. The standard InChI is InChI=1S/C13H16FNO2/c1-13(2,12(16)17)6-8-7-15-11-4-3-9(14)5-10(8)11/h3-5,8,15H,6-7H2,1-2H3,(H,16,17). The number of benzene rings is 1. The van der Waals surface area contributed by atoms with Crippen LogP contribution in [0.2, 0.25) is 0 Å². The summed E-state index contributed by atoms with van der Waals surface area (Å²) in [4.78, 5) is 11.1. The average molecular weight is 237 g/mol. The van der Waals surface area contributed by atoms with Crippen molar-refractivity contribution in [3.05, 3.63) is 29.6 Å². The second-order valence-electron chi connectivity index (χ2n) is 5.20. The third-order valence-corrected chi connectivity index (χ3v) is 3.33. The van der Waals surface area contributed by atoms with Gasteiger partial charge in [0, 0.05) is 18.2 Å². The quantitative estimate of drug-likeness (QED) is 0.849. The molecule has 1 aromatic rings. The molecule has 92 valence electrons. The van der Waals surface area contributed by atoms with Crippen LogP contribution in [0.25, 0.3) is 0 Å². The van der Waals surface area contributed by atoms with Gasteiger partial charge in [-0.05, 0) is 44.0 Å². The molecular weight excluding hydrogens is 221 g/mol. The van der Waals surface area contributed by atoms with Gasteiger partial charge in [0.2, 0.25) is 0 Å². The van der Waals surface area contributed by atoms with E-state index in [9.17, 15) is 9.18 Å². The average Bonchev–Trinajstić information content (AvgIpc) is 2.60. The molecule has 1 unspecified atom stereocenters. The first-order chi connectivity index (χ1) is 7.90. The van der Waals surface area contributed by atoms with E-state index in [1.54, 1.807) is 19.9 Å². The summed E-state index contributed by atoms with van der Waals surface area (Å²) >= 11 is 0. The highest BCUT2D eigenvalue weighted by molar-refractivity contribution is 5.74. The van der Waals surface area contributed by atoms with Crippen LogP contribution < -0.4 is 5.32 Å². The van der Waals surface area contributed by atoms with Crippen molar-refractivity contribution in [1.82, 2.24) is 0 Å². The fraction of sp³-hybridized carbons (Fsp3) is 0.462. The maximum absolute atomic E-state index is 13.2. The molecule has 0 radical (unpaired) electrons. The number of carboxylic acids is 1. The van der Waals surface area contributed by atoms with Crippen molar-refractivity contribution in [3.63, 3.8) is 0 Å². The van der Waals surface area contributed by atoms with E-state index in [4.69, 9.17) is 5.11 Å². The molecule has 0 spiro atoms. The SMILES string of the molecule is CC(C)(CC1CNc2ccc(F)cc21)C(=O)O. The molecule has 2 rings (SSSR count). The van der Waals surface area contributed by atoms with E-state index in [2.05, 4.69) is 5.32 Å². The number of hydrogen-bond donors (Lipinski definition) is 2. The molecule has 0 saturated carbocycles. The van der Waals surface area contributed by atoms with Crippen LogP contribution in [0.4, 0.5) is 10.1 Å². The second kappa shape index (κ2) is 4.02. The molecule has 0 fully saturated rings.